The summed E-state index contributed by atoms with van der Waals surface area (Å²) >= 11 is 0. The summed E-state index contributed by atoms with van der Waals surface area (Å²) in [5, 5.41) is 14.8. The van der Waals surface area contributed by atoms with Crippen LogP contribution in [0.1, 0.15) is 111 Å². The lowest BCUT2D eigenvalue weighted by Gasteiger charge is -2.21. The lowest BCUT2D eigenvalue weighted by molar-refractivity contribution is 0.590. The molecule has 0 atom stereocenters. The quantitative estimate of drug-likeness (QED) is 0.181. The molecule has 5 aromatic carbocycles. The van der Waals surface area contributed by atoms with Gasteiger partial charge in [-0.15, -0.1) is 0 Å². The van der Waals surface area contributed by atoms with E-state index in [-0.39, 0.29) is 21.7 Å². The summed E-state index contributed by atoms with van der Waals surface area (Å²) in [6.45, 7) is 27.4. The van der Waals surface area contributed by atoms with Crippen molar-refractivity contribution in [3.05, 3.63) is 137 Å². The van der Waals surface area contributed by atoms with E-state index in [1.165, 1.54) is 43.8 Å². The molecule has 0 fully saturated rings. The molecule has 0 aliphatic rings. The molecule has 0 aliphatic carbocycles. The minimum atomic E-state index is -0.00435. The average molecular weight is 735 g/mol. The molecule has 0 saturated heterocycles. The monoisotopic (exact) mass is 734 g/mol. The summed E-state index contributed by atoms with van der Waals surface area (Å²) in [6.07, 6.45) is 4.04. The predicted octanol–water partition coefficient (Wildman–Crippen LogP) is 14.0. The lowest BCUT2D eigenvalue weighted by Crippen LogP contribution is -2.10. The Bertz CT molecular complexity index is 2570. The highest BCUT2D eigenvalue weighted by molar-refractivity contribution is 6.12. The van der Waals surface area contributed by atoms with E-state index in [4.69, 9.17) is 4.98 Å². The maximum absolute atomic E-state index is 9.83. The fourth-order valence-corrected chi connectivity index (χ4v) is 8.22. The molecule has 56 heavy (non-hydrogen) atoms. The Hall–Kier alpha value is -5.66. The van der Waals surface area contributed by atoms with Gasteiger partial charge in [0.05, 0.1) is 57.5 Å². The van der Waals surface area contributed by atoms with Crippen LogP contribution in [0, 0.1) is 11.3 Å². The highest BCUT2D eigenvalue weighted by Crippen LogP contribution is 2.44. The molecule has 282 valence electrons. The fourth-order valence-electron chi connectivity index (χ4n) is 8.22. The van der Waals surface area contributed by atoms with Crippen LogP contribution in [0.25, 0.3) is 66.1 Å². The number of nitrogens with zero attached hydrogens (tertiary/aromatic N) is 4. The van der Waals surface area contributed by atoms with Crippen LogP contribution in [-0.2, 0) is 21.7 Å². The zero-order valence-electron chi connectivity index (χ0n) is 35.2. The van der Waals surface area contributed by atoms with Gasteiger partial charge in [0, 0.05) is 27.1 Å². The van der Waals surface area contributed by atoms with Crippen molar-refractivity contribution in [1.29, 1.82) is 5.26 Å². The lowest BCUT2D eigenvalue weighted by atomic mass is 9.85. The number of aromatic nitrogens is 3. The summed E-state index contributed by atoms with van der Waals surface area (Å²) in [7, 11) is 0. The third-order valence-corrected chi connectivity index (χ3v) is 11.7. The van der Waals surface area contributed by atoms with E-state index in [0.717, 1.165) is 44.6 Å². The maximum atomic E-state index is 9.83. The molecule has 4 heteroatoms. The van der Waals surface area contributed by atoms with Crippen LogP contribution in [0.15, 0.2) is 109 Å². The van der Waals surface area contributed by atoms with Crippen molar-refractivity contribution in [1.82, 2.24) is 14.1 Å². The number of hydrogen-bond acceptors (Lipinski definition) is 2. The summed E-state index contributed by atoms with van der Waals surface area (Å²) in [5.74, 6) is 0. The molecule has 8 aromatic rings. The summed E-state index contributed by atoms with van der Waals surface area (Å²) < 4.78 is 4.83. The van der Waals surface area contributed by atoms with Gasteiger partial charge in [0.15, 0.2) is 0 Å². The number of rotatable bonds is 3. The SMILES string of the molecule is CC(C)(C)c1ccc2c(c1)c1cc(C(C)(C)C)ccc1n2-c1cncc(-n2c3ccc(C(C)(C)C)cc3c3cc(C(C)(C)C)ccc32)c1-c1ccc(C#N)cc1. The van der Waals surface area contributed by atoms with Crippen molar-refractivity contribution in [2.75, 3.05) is 0 Å². The van der Waals surface area contributed by atoms with Crippen LogP contribution in [0.4, 0.5) is 0 Å². The minimum absolute atomic E-state index is 0.00435. The molecule has 3 heterocycles. The van der Waals surface area contributed by atoms with Crippen molar-refractivity contribution >= 4 is 43.6 Å². The van der Waals surface area contributed by atoms with E-state index < -0.39 is 0 Å². The van der Waals surface area contributed by atoms with Crippen molar-refractivity contribution in [3.63, 3.8) is 0 Å². The van der Waals surface area contributed by atoms with Gasteiger partial charge in [-0.05, 0) is 110 Å². The van der Waals surface area contributed by atoms with E-state index in [0.29, 0.717) is 5.56 Å². The Kier molecular flexibility index (Phi) is 8.44. The van der Waals surface area contributed by atoms with Gasteiger partial charge < -0.3 is 9.13 Å². The smallest absolute Gasteiger partial charge is 0.0991 e. The average Bonchev–Trinajstić information content (AvgIpc) is 3.64. The second kappa shape index (κ2) is 12.7. The van der Waals surface area contributed by atoms with E-state index >= 15 is 0 Å². The van der Waals surface area contributed by atoms with Crippen LogP contribution >= 0.6 is 0 Å². The van der Waals surface area contributed by atoms with E-state index in [1.54, 1.807) is 0 Å². The largest absolute Gasteiger partial charge is 0.307 e. The zero-order valence-corrected chi connectivity index (χ0v) is 35.2. The van der Waals surface area contributed by atoms with Gasteiger partial charge in [0.2, 0.25) is 0 Å². The molecule has 0 bridgehead atoms. The predicted molar refractivity (Wildman–Crippen MR) is 238 cm³/mol. The zero-order chi connectivity index (χ0) is 40.1. The van der Waals surface area contributed by atoms with E-state index in [2.05, 4.69) is 183 Å². The van der Waals surface area contributed by atoms with Crippen molar-refractivity contribution in [2.24, 2.45) is 0 Å². The van der Waals surface area contributed by atoms with Crippen LogP contribution in [0.2, 0.25) is 0 Å². The molecule has 0 saturated carbocycles. The Morgan fingerprint density at radius 2 is 0.732 bits per heavy atom. The number of hydrogen-bond donors (Lipinski definition) is 0. The Morgan fingerprint density at radius 1 is 0.429 bits per heavy atom. The third kappa shape index (κ3) is 6.19. The second-order valence-corrected chi connectivity index (χ2v) is 19.8. The Morgan fingerprint density at radius 3 is 1.00 bits per heavy atom. The van der Waals surface area contributed by atoms with E-state index in [1.807, 2.05) is 24.5 Å². The number of fused-ring (bicyclic) bond motifs is 6. The molecule has 0 spiro atoms. The van der Waals surface area contributed by atoms with Gasteiger partial charge in [0.1, 0.15) is 0 Å². The molecule has 0 unspecified atom stereocenters. The first-order valence-electron chi connectivity index (χ1n) is 19.9. The van der Waals surface area contributed by atoms with E-state index in [9.17, 15) is 5.26 Å². The first-order chi connectivity index (χ1) is 26.3. The topological polar surface area (TPSA) is 46.5 Å². The second-order valence-electron chi connectivity index (χ2n) is 19.8. The number of benzene rings is 5. The number of nitriles is 1. The normalized spacial score (nSPS) is 13.0. The molecular formula is C52H54N4. The molecule has 4 nitrogen and oxygen atoms in total. The van der Waals surface area contributed by atoms with Crippen LogP contribution < -0.4 is 0 Å². The molecule has 0 amide bonds. The summed E-state index contributed by atoms with van der Waals surface area (Å²) in [5.41, 5.74) is 14.5. The molecule has 8 rings (SSSR count). The highest BCUT2D eigenvalue weighted by atomic mass is 15.0. The minimum Gasteiger partial charge on any atom is -0.307 e. The van der Waals surface area contributed by atoms with Crippen molar-refractivity contribution < 1.29 is 0 Å². The van der Waals surface area contributed by atoms with Crippen LogP contribution in [0.3, 0.4) is 0 Å². The van der Waals surface area contributed by atoms with Gasteiger partial charge >= 0.3 is 0 Å². The highest BCUT2D eigenvalue weighted by Gasteiger charge is 2.26. The summed E-state index contributed by atoms with van der Waals surface area (Å²) in [6, 6.07) is 38.3. The third-order valence-electron chi connectivity index (χ3n) is 11.7. The standard InChI is InChI=1S/C52H54N4/c1-49(2,3)34-17-21-42-38(25-34)39-26-35(50(4,5)6)18-22-43(39)55(42)46-30-54-31-47(48(46)33-15-13-32(29-53)14-16-33)56-44-23-19-36(51(7,8)9)27-40(44)41-28-37(52(10,11)12)20-24-45(41)56/h13-28,30-31H,1-12H3. The van der Waals surface area contributed by atoms with Gasteiger partial charge in [-0.1, -0.05) is 119 Å². The fraction of sp³-hybridized carbons (Fsp3) is 0.308. The first-order valence-corrected chi connectivity index (χ1v) is 19.9. The molecule has 0 N–H and O–H groups in total. The van der Waals surface area contributed by atoms with Gasteiger partial charge in [-0.25, -0.2) is 0 Å². The van der Waals surface area contributed by atoms with Crippen molar-refractivity contribution in [2.45, 2.75) is 105 Å². The van der Waals surface area contributed by atoms with Crippen LogP contribution in [0.5, 0.6) is 0 Å². The number of pyridine rings is 1. The van der Waals surface area contributed by atoms with Crippen molar-refractivity contribution in [3.8, 4) is 28.6 Å². The van der Waals surface area contributed by atoms with Gasteiger partial charge in [-0.2, -0.15) is 5.26 Å². The molecule has 3 aromatic heterocycles. The first kappa shape index (κ1) is 37.3. The molecular weight excluding hydrogens is 681 g/mol. The Labute approximate surface area is 332 Å². The molecule has 0 aliphatic heterocycles. The summed E-state index contributed by atoms with van der Waals surface area (Å²) in [4.78, 5) is 5.08. The van der Waals surface area contributed by atoms with Gasteiger partial charge in [0.25, 0.3) is 0 Å². The van der Waals surface area contributed by atoms with Gasteiger partial charge in [-0.3, -0.25) is 4.98 Å². The maximum Gasteiger partial charge on any atom is 0.0991 e. The Balaban J connectivity index is 1.53. The molecule has 0 radical (unpaired) electrons. The van der Waals surface area contributed by atoms with Crippen LogP contribution in [-0.4, -0.2) is 14.1 Å².